The first-order chi connectivity index (χ1) is 11.6. The smallest absolute Gasteiger partial charge is 0.307 e. The van der Waals surface area contributed by atoms with E-state index in [1.807, 2.05) is 0 Å². The first-order valence-electron chi connectivity index (χ1n) is 9.55. The van der Waals surface area contributed by atoms with Crippen LogP contribution in [0.1, 0.15) is 65.2 Å². The molecule has 0 aromatic carbocycles. The summed E-state index contributed by atoms with van der Waals surface area (Å²) < 4.78 is 10.1. The quantitative estimate of drug-likeness (QED) is 0.540. The van der Waals surface area contributed by atoms with E-state index < -0.39 is 0 Å². The Morgan fingerprint density at radius 1 is 1.08 bits per heavy atom. The molecule has 0 unspecified atom stereocenters. The summed E-state index contributed by atoms with van der Waals surface area (Å²) in [6, 6.07) is 0. The number of hydrogen-bond acceptors (Lipinski definition) is 4. The molecule has 1 amide bonds. The van der Waals surface area contributed by atoms with Crippen LogP contribution in [0.4, 0.5) is 0 Å². The van der Waals surface area contributed by atoms with E-state index in [1.165, 1.54) is 19.3 Å². The Kier molecular flexibility index (Phi) is 10.7. The summed E-state index contributed by atoms with van der Waals surface area (Å²) in [6.45, 7) is 5.88. The molecule has 1 aliphatic rings. The highest BCUT2D eigenvalue weighted by atomic mass is 16.5. The topological polar surface area (TPSA) is 55.8 Å². The molecule has 24 heavy (non-hydrogen) atoms. The summed E-state index contributed by atoms with van der Waals surface area (Å²) in [6.07, 6.45) is 8.38. The first-order valence-corrected chi connectivity index (χ1v) is 9.55. The normalized spacial score (nSPS) is 20.6. The van der Waals surface area contributed by atoms with E-state index in [0.29, 0.717) is 26.3 Å². The Balaban J connectivity index is 2.47. The number of esters is 1. The van der Waals surface area contributed by atoms with Crippen LogP contribution in [0, 0.1) is 11.8 Å². The van der Waals surface area contributed by atoms with Crippen molar-refractivity contribution in [3.63, 3.8) is 0 Å². The van der Waals surface area contributed by atoms with Crippen molar-refractivity contribution in [1.29, 1.82) is 0 Å². The summed E-state index contributed by atoms with van der Waals surface area (Å²) in [4.78, 5) is 26.2. The molecule has 5 heteroatoms. The molecule has 0 saturated heterocycles. The van der Waals surface area contributed by atoms with Gasteiger partial charge < -0.3 is 14.4 Å². The van der Waals surface area contributed by atoms with Crippen molar-refractivity contribution >= 4 is 11.9 Å². The predicted octanol–water partition coefficient (Wildman–Crippen LogP) is 3.41. The van der Waals surface area contributed by atoms with Gasteiger partial charge in [-0.1, -0.05) is 26.2 Å². The van der Waals surface area contributed by atoms with Crippen molar-refractivity contribution in [2.24, 2.45) is 11.8 Å². The minimum Gasteiger partial charge on any atom is -0.466 e. The van der Waals surface area contributed by atoms with Crippen LogP contribution in [-0.4, -0.2) is 50.2 Å². The van der Waals surface area contributed by atoms with Crippen molar-refractivity contribution < 1.29 is 19.1 Å². The van der Waals surface area contributed by atoms with Crippen LogP contribution in [0.25, 0.3) is 0 Å². The molecule has 5 nitrogen and oxygen atoms in total. The fourth-order valence-electron chi connectivity index (χ4n) is 3.44. The van der Waals surface area contributed by atoms with Gasteiger partial charge >= 0.3 is 5.97 Å². The molecule has 0 spiro atoms. The lowest BCUT2D eigenvalue weighted by Crippen LogP contribution is -2.41. The third kappa shape index (κ3) is 7.65. The second-order valence-corrected chi connectivity index (χ2v) is 6.73. The van der Waals surface area contributed by atoms with Crippen LogP contribution in [0.15, 0.2) is 0 Å². The van der Waals surface area contributed by atoms with Crippen LogP contribution in [0.3, 0.4) is 0 Å². The minimum atomic E-state index is -0.240. The standard InChI is InChI=1S/C19H35NO4/c1-4-6-7-16-8-10-17(11-9-16)19(22)20(14-15-23-3)13-12-18(21)24-5-2/h16-17H,4-15H2,1-3H3. The zero-order valence-corrected chi connectivity index (χ0v) is 15.7. The van der Waals surface area contributed by atoms with Gasteiger partial charge in [-0.3, -0.25) is 9.59 Å². The predicted molar refractivity (Wildman–Crippen MR) is 94.7 cm³/mol. The number of carbonyl (C=O) groups excluding carboxylic acids is 2. The van der Waals surface area contributed by atoms with E-state index in [4.69, 9.17) is 9.47 Å². The number of hydrogen-bond donors (Lipinski definition) is 0. The molecule has 0 heterocycles. The van der Waals surface area contributed by atoms with E-state index in [2.05, 4.69) is 6.92 Å². The lowest BCUT2D eigenvalue weighted by Gasteiger charge is -2.32. The van der Waals surface area contributed by atoms with Crippen molar-refractivity contribution in [1.82, 2.24) is 4.90 Å². The third-order valence-electron chi connectivity index (χ3n) is 4.93. The third-order valence-corrected chi connectivity index (χ3v) is 4.93. The highest BCUT2D eigenvalue weighted by molar-refractivity contribution is 5.79. The van der Waals surface area contributed by atoms with Gasteiger partial charge in [-0.2, -0.15) is 0 Å². The number of unbranched alkanes of at least 4 members (excludes halogenated alkanes) is 1. The molecule has 0 bridgehead atoms. The first kappa shape index (κ1) is 20.9. The molecule has 0 aromatic rings. The van der Waals surface area contributed by atoms with E-state index >= 15 is 0 Å². The SMILES string of the molecule is CCCCC1CCC(C(=O)N(CCOC)CCC(=O)OCC)CC1. The summed E-state index contributed by atoms with van der Waals surface area (Å²) >= 11 is 0. The molecule has 1 rings (SSSR count). The van der Waals surface area contributed by atoms with Crippen LogP contribution in [0.5, 0.6) is 0 Å². The van der Waals surface area contributed by atoms with Gasteiger partial charge in [0.15, 0.2) is 0 Å². The van der Waals surface area contributed by atoms with Crippen LogP contribution in [0.2, 0.25) is 0 Å². The van der Waals surface area contributed by atoms with Crippen molar-refractivity contribution in [3.05, 3.63) is 0 Å². The Labute approximate surface area is 147 Å². The number of carbonyl (C=O) groups is 2. The Morgan fingerprint density at radius 3 is 2.38 bits per heavy atom. The highest BCUT2D eigenvalue weighted by Crippen LogP contribution is 2.32. The highest BCUT2D eigenvalue weighted by Gasteiger charge is 2.29. The minimum absolute atomic E-state index is 0.113. The van der Waals surface area contributed by atoms with E-state index in [9.17, 15) is 9.59 Å². The van der Waals surface area contributed by atoms with Gasteiger partial charge in [-0.25, -0.2) is 0 Å². The van der Waals surface area contributed by atoms with E-state index in [0.717, 1.165) is 31.6 Å². The Bertz CT molecular complexity index is 364. The zero-order valence-electron chi connectivity index (χ0n) is 15.7. The van der Waals surface area contributed by atoms with Crippen molar-refractivity contribution in [3.8, 4) is 0 Å². The monoisotopic (exact) mass is 341 g/mol. The molecule has 0 aromatic heterocycles. The molecule has 0 aliphatic heterocycles. The van der Waals surface area contributed by atoms with Crippen LogP contribution < -0.4 is 0 Å². The van der Waals surface area contributed by atoms with Gasteiger partial charge in [-0.15, -0.1) is 0 Å². The molecule has 1 saturated carbocycles. The molecule has 140 valence electrons. The largest absolute Gasteiger partial charge is 0.466 e. The average Bonchev–Trinajstić information content (AvgIpc) is 2.60. The van der Waals surface area contributed by atoms with Gasteiger partial charge in [0.05, 0.1) is 19.6 Å². The summed E-state index contributed by atoms with van der Waals surface area (Å²) in [5.41, 5.74) is 0. The number of methoxy groups -OCH3 is 1. The Hall–Kier alpha value is -1.10. The lowest BCUT2D eigenvalue weighted by atomic mass is 9.79. The summed E-state index contributed by atoms with van der Waals surface area (Å²) in [5.74, 6) is 0.851. The number of rotatable bonds is 11. The van der Waals surface area contributed by atoms with E-state index in [1.54, 1.807) is 18.9 Å². The maximum atomic E-state index is 12.8. The molecule has 0 radical (unpaired) electrons. The van der Waals surface area contributed by atoms with Crippen LogP contribution >= 0.6 is 0 Å². The van der Waals surface area contributed by atoms with Crippen molar-refractivity contribution in [2.75, 3.05) is 33.4 Å². The Morgan fingerprint density at radius 2 is 1.79 bits per heavy atom. The van der Waals surface area contributed by atoms with Gasteiger partial charge in [0.25, 0.3) is 0 Å². The number of amides is 1. The lowest BCUT2D eigenvalue weighted by molar-refractivity contribution is -0.145. The van der Waals surface area contributed by atoms with Crippen molar-refractivity contribution in [2.45, 2.75) is 65.2 Å². The number of nitrogens with zero attached hydrogens (tertiary/aromatic N) is 1. The fraction of sp³-hybridized carbons (Fsp3) is 0.895. The molecule has 1 aliphatic carbocycles. The molecule has 0 atom stereocenters. The summed E-state index contributed by atoms with van der Waals surface area (Å²) in [5, 5.41) is 0. The molecule has 0 N–H and O–H groups in total. The summed E-state index contributed by atoms with van der Waals surface area (Å²) in [7, 11) is 1.63. The molecule has 1 fully saturated rings. The maximum absolute atomic E-state index is 12.8. The molecular formula is C19H35NO4. The van der Waals surface area contributed by atoms with Gasteiger partial charge in [0.1, 0.15) is 0 Å². The fourth-order valence-corrected chi connectivity index (χ4v) is 3.44. The average molecular weight is 341 g/mol. The maximum Gasteiger partial charge on any atom is 0.307 e. The van der Waals surface area contributed by atoms with Crippen LogP contribution in [-0.2, 0) is 19.1 Å². The van der Waals surface area contributed by atoms with Gasteiger partial charge in [-0.05, 0) is 38.5 Å². The van der Waals surface area contributed by atoms with Gasteiger partial charge in [0.2, 0.25) is 5.91 Å². The second-order valence-electron chi connectivity index (χ2n) is 6.73. The van der Waals surface area contributed by atoms with Gasteiger partial charge in [0, 0.05) is 26.1 Å². The zero-order chi connectivity index (χ0) is 17.8. The molecular weight excluding hydrogens is 306 g/mol. The second kappa shape index (κ2) is 12.3. The van der Waals surface area contributed by atoms with E-state index in [-0.39, 0.29) is 24.2 Å². The number of ether oxygens (including phenoxy) is 2.